The third-order valence-electron chi connectivity index (χ3n) is 4.62. The number of benzene rings is 2. The minimum absolute atomic E-state index is 0.130. The Balaban J connectivity index is 1.80. The molecule has 0 saturated heterocycles. The summed E-state index contributed by atoms with van der Waals surface area (Å²) in [5, 5.41) is 4.44. The van der Waals surface area contributed by atoms with E-state index in [1.165, 1.54) is 11.3 Å². The second-order valence-corrected chi connectivity index (χ2v) is 9.94. The van der Waals surface area contributed by atoms with Gasteiger partial charge in [-0.15, -0.1) is 23.1 Å². The highest BCUT2D eigenvalue weighted by molar-refractivity contribution is 7.98. The Bertz CT molecular complexity index is 1090. The van der Waals surface area contributed by atoms with Crippen molar-refractivity contribution in [3.63, 3.8) is 0 Å². The van der Waals surface area contributed by atoms with E-state index in [1.807, 2.05) is 30.5 Å². The second kappa shape index (κ2) is 7.14. The highest BCUT2D eigenvalue weighted by Crippen LogP contribution is 2.45. The van der Waals surface area contributed by atoms with Gasteiger partial charge in [0.2, 0.25) is 15.7 Å². The number of sulfone groups is 1. The molecule has 1 aliphatic rings. The molecule has 0 spiro atoms. The number of rotatable bonds is 4. The van der Waals surface area contributed by atoms with Gasteiger partial charge in [-0.05, 0) is 36.1 Å². The summed E-state index contributed by atoms with van der Waals surface area (Å²) in [4.78, 5) is 14.8. The molecule has 0 aliphatic carbocycles. The fourth-order valence-corrected chi connectivity index (χ4v) is 6.57. The van der Waals surface area contributed by atoms with Crippen LogP contribution in [-0.4, -0.2) is 20.6 Å². The molecule has 0 radical (unpaired) electrons. The average Bonchev–Trinajstić information content (AvgIpc) is 3.12. The molecule has 4 nitrogen and oxygen atoms in total. The van der Waals surface area contributed by atoms with Crippen molar-refractivity contribution < 1.29 is 13.2 Å². The molecular weight excluding hydrogens is 398 g/mol. The van der Waals surface area contributed by atoms with Gasteiger partial charge in [0.1, 0.15) is 4.90 Å². The van der Waals surface area contributed by atoms with E-state index in [0.717, 1.165) is 15.3 Å². The maximum absolute atomic E-state index is 13.1. The lowest BCUT2D eigenvalue weighted by Gasteiger charge is -2.24. The third-order valence-corrected chi connectivity index (χ3v) is 8.40. The van der Waals surface area contributed by atoms with Gasteiger partial charge in [-0.2, -0.15) is 0 Å². The van der Waals surface area contributed by atoms with Crippen molar-refractivity contribution in [2.45, 2.75) is 27.0 Å². The lowest BCUT2D eigenvalue weighted by Crippen LogP contribution is -2.23. The molecule has 138 valence electrons. The zero-order valence-corrected chi connectivity index (χ0v) is 17.0. The first-order valence-corrected chi connectivity index (χ1v) is 11.9. The maximum atomic E-state index is 13.1. The van der Waals surface area contributed by atoms with Crippen LogP contribution in [0.3, 0.4) is 0 Å². The molecule has 0 saturated carbocycles. The molecule has 0 bridgehead atoms. The Morgan fingerprint density at radius 3 is 2.44 bits per heavy atom. The SMILES string of the molecule is CSc1ccc([C@@H]2CC(=O)Nc3c(S(=O)(=O)c4ccccc4)csc32)cc1. The van der Waals surface area contributed by atoms with Crippen molar-refractivity contribution in [1.82, 2.24) is 0 Å². The predicted molar refractivity (Wildman–Crippen MR) is 110 cm³/mol. The van der Waals surface area contributed by atoms with Crippen LogP contribution < -0.4 is 5.32 Å². The number of nitrogens with one attached hydrogen (secondary N) is 1. The minimum Gasteiger partial charge on any atom is -0.324 e. The zero-order chi connectivity index (χ0) is 19.0. The van der Waals surface area contributed by atoms with Gasteiger partial charge in [0.05, 0.1) is 10.6 Å². The van der Waals surface area contributed by atoms with Crippen LogP contribution >= 0.6 is 23.1 Å². The Labute approximate surface area is 166 Å². The van der Waals surface area contributed by atoms with Gasteiger partial charge in [-0.3, -0.25) is 4.79 Å². The summed E-state index contributed by atoms with van der Waals surface area (Å²) in [5.41, 5.74) is 1.45. The monoisotopic (exact) mass is 415 g/mol. The number of carbonyl (C=O) groups excluding carboxylic acids is 1. The van der Waals surface area contributed by atoms with Crippen molar-refractivity contribution in [2.24, 2.45) is 0 Å². The second-order valence-electron chi connectivity index (χ2n) is 6.23. The van der Waals surface area contributed by atoms with Crippen molar-refractivity contribution in [3.8, 4) is 0 Å². The summed E-state index contributed by atoms with van der Waals surface area (Å²) >= 11 is 3.05. The van der Waals surface area contributed by atoms with E-state index in [9.17, 15) is 13.2 Å². The molecule has 2 aromatic carbocycles. The number of hydrogen-bond acceptors (Lipinski definition) is 5. The van der Waals surface area contributed by atoms with Gasteiger partial charge in [-0.25, -0.2) is 8.42 Å². The summed E-state index contributed by atoms with van der Waals surface area (Å²) in [6.07, 6.45) is 2.33. The van der Waals surface area contributed by atoms with Gasteiger partial charge in [0.15, 0.2) is 0 Å². The molecule has 0 unspecified atom stereocenters. The fraction of sp³-hybridized carbons (Fsp3) is 0.150. The van der Waals surface area contributed by atoms with Crippen LogP contribution in [0.4, 0.5) is 5.69 Å². The van der Waals surface area contributed by atoms with E-state index in [4.69, 9.17) is 0 Å². The first kappa shape index (κ1) is 18.3. The Morgan fingerprint density at radius 2 is 1.78 bits per heavy atom. The highest BCUT2D eigenvalue weighted by Gasteiger charge is 2.34. The van der Waals surface area contributed by atoms with Crippen LogP contribution in [0.25, 0.3) is 0 Å². The fourth-order valence-electron chi connectivity index (χ4n) is 3.23. The van der Waals surface area contributed by atoms with Crippen molar-refractivity contribution in [3.05, 3.63) is 70.4 Å². The molecular formula is C20H17NO3S3. The van der Waals surface area contributed by atoms with Crippen LogP contribution in [0.2, 0.25) is 0 Å². The molecule has 4 rings (SSSR count). The molecule has 27 heavy (non-hydrogen) atoms. The normalized spacial score (nSPS) is 16.6. The molecule has 7 heteroatoms. The van der Waals surface area contributed by atoms with Crippen molar-refractivity contribution in [2.75, 3.05) is 11.6 Å². The lowest BCUT2D eigenvalue weighted by atomic mass is 9.91. The van der Waals surface area contributed by atoms with E-state index in [2.05, 4.69) is 5.32 Å². The standard InChI is InChI=1S/C20H17NO3S3/c1-25-14-9-7-13(8-10-14)16-11-18(22)21-19-17(12-26-20(16)19)27(23,24)15-5-3-2-4-6-15/h2-10,12,16H,11H2,1H3,(H,21,22)/t16-/m0/s1. The summed E-state index contributed by atoms with van der Waals surface area (Å²) in [6.45, 7) is 0. The number of carbonyl (C=O) groups is 1. The first-order valence-electron chi connectivity index (χ1n) is 8.36. The molecule has 1 aromatic heterocycles. The molecule has 2 heterocycles. The smallest absolute Gasteiger partial charge is 0.225 e. The van der Waals surface area contributed by atoms with E-state index in [0.29, 0.717) is 12.1 Å². The van der Waals surface area contributed by atoms with Crippen molar-refractivity contribution >= 4 is 44.5 Å². The molecule has 3 aromatic rings. The molecule has 1 N–H and O–H groups in total. The summed E-state index contributed by atoms with van der Waals surface area (Å²) < 4.78 is 26.1. The number of anilines is 1. The number of thiophene rings is 1. The summed E-state index contributed by atoms with van der Waals surface area (Å²) in [7, 11) is -3.68. The first-order chi connectivity index (χ1) is 13.0. The van der Waals surface area contributed by atoms with Gasteiger partial charge in [-0.1, -0.05) is 30.3 Å². The number of amides is 1. The Hall–Kier alpha value is -2.09. The van der Waals surface area contributed by atoms with Gasteiger partial charge in [0.25, 0.3) is 0 Å². The van der Waals surface area contributed by atoms with Gasteiger partial charge >= 0.3 is 0 Å². The Kier molecular flexibility index (Phi) is 4.84. The molecule has 1 atom stereocenters. The molecule has 0 fully saturated rings. The van der Waals surface area contributed by atoms with Crippen LogP contribution in [0.1, 0.15) is 22.8 Å². The van der Waals surface area contributed by atoms with Crippen LogP contribution in [-0.2, 0) is 14.6 Å². The summed E-state index contributed by atoms with van der Waals surface area (Å²) in [5.74, 6) is -0.293. The molecule has 1 amide bonds. The quantitative estimate of drug-likeness (QED) is 0.623. The highest BCUT2D eigenvalue weighted by atomic mass is 32.2. The third kappa shape index (κ3) is 3.31. The molecule has 1 aliphatic heterocycles. The number of fused-ring (bicyclic) bond motifs is 1. The Morgan fingerprint density at radius 1 is 1.07 bits per heavy atom. The zero-order valence-electron chi connectivity index (χ0n) is 14.5. The van der Waals surface area contributed by atoms with Crippen LogP contribution in [0.15, 0.2) is 74.7 Å². The summed E-state index contributed by atoms with van der Waals surface area (Å²) in [6, 6.07) is 16.4. The van der Waals surface area contributed by atoms with E-state index >= 15 is 0 Å². The lowest BCUT2D eigenvalue weighted by molar-refractivity contribution is -0.116. The van der Waals surface area contributed by atoms with E-state index in [1.54, 1.807) is 47.5 Å². The van der Waals surface area contributed by atoms with E-state index in [-0.39, 0.29) is 21.6 Å². The topological polar surface area (TPSA) is 63.2 Å². The maximum Gasteiger partial charge on any atom is 0.225 e. The van der Waals surface area contributed by atoms with E-state index < -0.39 is 9.84 Å². The van der Waals surface area contributed by atoms with Crippen LogP contribution in [0, 0.1) is 0 Å². The van der Waals surface area contributed by atoms with Gasteiger partial charge < -0.3 is 5.32 Å². The minimum atomic E-state index is -3.68. The van der Waals surface area contributed by atoms with Gasteiger partial charge in [0, 0.05) is 27.5 Å². The van der Waals surface area contributed by atoms with Crippen LogP contribution in [0.5, 0.6) is 0 Å². The largest absolute Gasteiger partial charge is 0.324 e. The number of thioether (sulfide) groups is 1. The predicted octanol–water partition coefficient (Wildman–Crippen LogP) is 4.78. The van der Waals surface area contributed by atoms with Crippen molar-refractivity contribution in [1.29, 1.82) is 0 Å². The average molecular weight is 416 g/mol. The number of hydrogen-bond donors (Lipinski definition) is 1.